The van der Waals surface area contributed by atoms with E-state index in [-0.39, 0.29) is 6.42 Å². The van der Waals surface area contributed by atoms with Crippen molar-refractivity contribution in [1.82, 2.24) is 0 Å². The maximum absolute atomic E-state index is 10.5. The molecule has 0 amide bonds. The van der Waals surface area contributed by atoms with Crippen LogP contribution in [0.4, 0.5) is 0 Å². The molecule has 2 unspecified atom stereocenters. The summed E-state index contributed by atoms with van der Waals surface area (Å²) in [5.41, 5.74) is 2.79. The molecule has 0 fully saturated rings. The van der Waals surface area contributed by atoms with Gasteiger partial charge in [0.25, 0.3) is 0 Å². The molecule has 0 aliphatic rings. The van der Waals surface area contributed by atoms with Crippen LogP contribution in [0.15, 0.2) is 49.1 Å². The molecule has 140 valence electrons. The highest BCUT2D eigenvalue weighted by Gasteiger charge is 2.16. The fourth-order valence-corrected chi connectivity index (χ4v) is 3.47. The number of nitrogens with one attached hydrogen (secondary N) is 1. The van der Waals surface area contributed by atoms with Gasteiger partial charge in [-0.05, 0) is 48.6 Å². The van der Waals surface area contributed by atoms with Crippen LogP contribution in [0.25, 0.3) is 0 Å². The van der Waals surface area contributed by atoms with E-state index in [1.807, 2.05) is 12.4 Å². The number of carboxylic acids is 1. The molecule has 0 aliphatic carbocycles. The van der Waals surface area contributed by atoms with Crippen molar-refractivity contribution in [3.05, 3.63) is 60.2 Å². The average molecular weight is 357 g/mol. The first-order valence-electron chi connectivity index (χ1n) is 9.77. The molecule has 0 spiro atoms. The Labute approximate surface area is 156 Å². The Morgan fingerprint density at radius 1 is 1.08 bits per heavy atom. The summed E-state index contributed by atoms with van der Waals surface area (Å²) in [6.45, 7) is 5.52. The number of aryl methyl sites for hydroxylation is 1. The van der Waals surface area contributed by atoms with Gasteiger partial charge in [0, 0.05) is 37.1 Å². The molecule has 4 nitrogen and oxygen atoms in total. The molecule has 0 saturated heterocycles. The molecule has 0 saturated carbocycles. The number of unbranched alkanes of at least 4 members (excludes halogenated alkanes) is 2. The van der Waals surface area contributed by atoms with Crippen molar-refractivity contribution in [1.29, 1.82) is 0 Å². The van der Waals surface area contributed by atoms with E-state index < -0.39 is 5.97 Å². The van der Waals surface area contributed by atoms with Gasteiger partial charge in [0.15, 0.2) is 24.8 Å². The minimum absolute atomic E-state index is 0.277. The van der Waals surface area contributed by atoms with E-state index in [1.54, 1.807) is 0 Å². The summed E-state index contributed by atoms with van der Waals surface area (Å²) in [4.78, 5) is 13.6. The lowest BCUT2D eigenvalue weighted by molar-refractivity contribution is -0.697. The summed E-state index contributed by atoms with van der Waals surface area (Å²) in [7, 11) is 0. The molecule has 4 heteroatoms. The SMILES string of the molecule is CCC(CC(C)c1cc[n+](CCCCCC(=O)O)cc1)c1cc[nH+]cc1. The van der Waals surface area contributed by atoms with Gasteiger partial charge in [-0.15, -0.1) is 0 Å². The maximum atomic E-state index is 10.5. The summed E-state index contributed by atoms with van der Waals surface area (Å²) in [6.07, 6.45) is 13.6. The predicted molar refractivity (Wildman–Crippen MR) is 102 cm³/mol. The van der Waals surface area contributed by atoms with Crippen molar-refractivity contribution in [2.45, 2.75) is 70.8 Å². The molecule has 0 radical (unpaired) electrons. The van der Waals surface area contributed by atoms with Gasteiger partial charge < -0.3 is 5.11 Å². The first kappa shape index (κ1) is 20.1. The number of H-pyrrole nitrogens is 1. The van der Waals surface area contributed by atoms with Crippen molar-refractivity contribution in [2.75, 3.05) is 0 Å². The third kappa shape index (κ3) is 6.58. The highest BCUT2D eigenvalue weighted by atomic mass is 16.4. The van der Waals surface area contributed by atoms with E-state index in [9.17, 15) is 4.79 Å². The van der Waals surface area contributed by atoms with Gasteiger partial charge in [-0.1, -0.05) is 13.8 Å². The van der Waals surface area contributed by atoms with Crippen LogP contribution in [0.3, 0.4) is 0 Å². The highest BCUT2D eigenvalue weighted by molar-refractivity contribution is 5.66. The molecule has 2 heterocycles. The van der Waals surface area contributed by atoms with Crippen LogP contribution in [0.5, 0.6) is 0 Å². The van der Waals surface area contributed by atoms with Crippen LogP contribution in [0, 0.1) is 0 Å². The van der Waals surface area contributed by atoms with Gasteiger partial charge in [0.05, 0.1) is 0 Å². The van der Waals surface area contributed by atoms with Gasteiger partial charge in [-0.3, -0.25) is 4.79 Å². The van der Waals surface area contributed by atoms with E-state index in [0.29, 0.717) is 11.8 Å². The monoisotopic (exact) mass is 356 g/mol. The predicted octanol–water partition coefficient (Wildman–Crippen LogP) is 4.12. The van der Waals surface area contributed by atoms with Gasteiger partial charge in [0.1, 0.15) is 6.54 Å². The lowest BCUT2D eigenvalue weighted by Gasteiger charge is -2.19. The number of aromatic amines is 1. The summed E-state index contributed by atoms with van der Waals surface area (Å²) in [5.74, 6) is 0.408. The van der Waals surface area contributed by atoms with E-state index in [4.69, 9.17) is 5.11 Å². The Hall–Kier alpha value is -2.23. The van der Waals surface area contributed by atoms with Gasteiger partial charge >= 0.3 is 5.97 Å². The molecule has 2 atom stereocenters. The highest BCUT2D eigenvalue weighted by Crippen LogP contribution is 2.31. The topological polar surface area (TPSA) is 55.3 Å². The summed E-state index contributed by atoms with van der Waals surface area (Å²) >= 11 is 0. The lowest BCUT2D eigenvalue weighted by atomic mass is 9.85. The standard InChI is InChI=1S/C22H30N2O2/c1-3-19(21-8-12-23-13-9-21)17-18(2)20-10-15-24(16-11-20)14-6-4-5-7-22(25)26/h8-13,15-16,18-19H,3-7,14,17H2,1-2H3/p+2. The van der Waals surface area contributed by atoms with Crippen LogP contribution in [0.1, 0.15) is 75.3 Å². The molecule has 0 bridgehead atoms. The number of hydrogen-bond donors (Lipinski definition) is 1. The molecule has 2 aromatic rings. The van der Waals surface area contributed by atoms with E-state index in [0.717, 1.165) is 38.6 Å². The Morgan fingerprint density at radius 3 is 2.38 bits per heavy atom. The molecule has 2 aromatic heterocycles. The Balaban J connectivity index is 1.83. The van der Waals surface area contributed by atoms with Gasteiger partial charge in [-0.25, -0.2) is 9.55 Å². The number of carbonyl (C=O) groups is 1. The Kier molecular flexibility index (Phi) is 8.26. The van der Waals surface area contributed by atoms with Crippen molar-refractivity contribution in [3.8, 4) is 0 Å². The fraction of sp³-hybridized carbons (Fsp3) is 0.500. The van der Waals surface area contributed by atoms with E-state index in [1.165, 1.54) is 11.1 Å². The second kappa shape index (κ2) is 10.7. The second-order valence-corrected chi connectivity index (χ2v) is 7.15. The van der Waals surface area contributed by atoms with Crippen molar-refractivity contribution >= 4 is 5.97 Å². The molecule has 0 aromatic carbocycles. The minimum Gasteiger partial charge on any atom is -0.481 e. The number of carboxylic acid groups (broad SMARTS) is 1. The van der Waals surface area contributed by atoms with Crippen molar-refractivity contribution < 1.29 is 19.5 Å². The summed E-state index contributed by atoms with van der Waals surface area (Å²) in [6, 6.07) is 8.83. The quantitative estimate of drug-likeness (QED) is 0.486. The molecule has 26 heavy (non-hydrogen) atoms. The summed E-state index contributed by atoms with van der Waals surface area (Å²) < 4.78 is 2.20. The summed E-state index contributed by atoms with van der Waals surface area (Å²) in [5, 5.41) is 8.66. The number of rotatable bonds is 11. The first-order valence-corrected chi connectivity index (χ1v) is 9.77. The Morgan fingerprint density at radius 2 is 1.77 bits per heavy atom. The Bertz CT molecular complexity index is 656. The van der Waals surface area contributed by atoms with Crippen LogP contribution < -0.4 is 9.55 Å². The van der Waals surface area contributed by atoms with Crippen LogP contribution in [-0.4, -0.2) is 11.1 Å². The zero-order valence-electron chi connectivity index (χ0n) is 16.0. The number of hydrogen-bond acceptors (Lipinski definition) is 1. The number of pyridine rings is 2. The smallest absolute Gasteiger partial charge is 0.303 e. The van der Waals surface area contributed by atoms with E-state index >= 15 is 0 Å². The zero-order chi connectivity index (χ0) is 18.8. The fourth-order valence-electron chi connectivity index (χ4n) is 3.47. The number of aromatic nitrogens is 2. The zero-order valence-corrected chi connectivity index (χ0v) is 16.0. The minimum atomic E-state index is -0.699. The number of aliphatic carboxylic acids is 1. The molecular weight excluding hydrogens is 324 g/mol. The largest absolute Gasteiger partial charge is 0.481 e. The van der Waals surface area contributed by atoms with Crippen molar-refractivity contribution in [2.24, 2.45) is 0 Å². The maximum Gasteiger partial charge on any atom is 0.303 e. The first-order chi connectivity index (χ1) is 12.6. The average Bonchev–Trinajstić information content (AvgIpc) is 2.66. The third-order valence-electron chi connectivity index (χ3n) is 5.14. The molecule has 2 N–H and O–H groups in total. The molecule has 0 aliphatic heterocycles. The van der Waals surface area contributed by atoms with Crippen LogP contribution in [0.2, 0.25) is 0 Å². The second-order valence-electron chi connectivity index (χ2n) is 7.15. The lowest BCUT2D eigenvalue weighted by Crippen LogP contribution is -2.32. The molecule has 2 rings (SSSR count). The van der Waals surface area contributed by atoms with Gasteiger partial charge in [0.2, 0.25) is 0 Å². The van der Waals surface area contributed by atoms with Crippen LogP contribution in [-0.2, 0) is 11.3 Å². The normalized spacial score (nSPS) is 13.3. The van der Waals surface area contributed by atoms with Crippen LogP contribution >= 0.6 is 0 Å². The number of nitrogens with zero attached hydrogens (tertiary/aromatic N) is 1. The van der Waals surface area contributed by atoms with Crippen molar-refractivity contribution in [3.63, 3.8) is 0 Å². The third-order valence-corrected chi connectivity index (χ3v) is 5.14. The van der Waals surface area contributed by atoms with Gasteiger partial charge in [-0.2, -0.15) is 0 Å². The van der Waals surface area contributed by atoms with E-state index in [2.05, 4.69) is 60.1 Å². The molecular formula is C22H32N2O2+2.